The number of aromatic nitrogens is 3. The molecule has 1 N–H and O–H groups in total. The number of carbonyl (C=O) groups excluding carboxylic acids is 1. The zero-order chi connectivity index (χ0) is 13.7. The molecule has 0 bridgehead atoms. The van der Waals surface area contributed by atoms with Crippen molar-refractivity contribution in [1.29, 1.82) is 0 Å². The second kappa shape index (κ2) is 6.65. The van der Waals surface area contributed by atoms with Crippen molar-refractivity contribution in [3.8, 4) is 0 Å². The number of hydrogen-bond acceptors (Lipinski definition) is 4. The minimum atomic E-state index is 0.0581. The van der Waals surface area contributed by atoms with E-state index in [0.29, 0.717) is 25.7 Å². The van der Waals surface area contributed by atoms with Gasteiger partial charge in [0.15, 0.2) is 0 Å². The first kappa shape index (κ1) is 14.0. The van der Waals surface area contributed by atoms with E-state index in [9.17, 15) is 4.79 Å². The lowest BCUT2D eigenvalue weighted by molar-refractivity contribution is -0.129. The molecule has 1 amide bonds. The van der Waals surface area contributed by atoms with Crippen LogP contribution in [0.1, 0.15) is 26.7 Å². The molecule has 0 aliphatic carbocycles. The summed E-state index contributed by atoms with van der Waals surface area (Å²) in [5.74, 6) is 0.560. The number of rotatable bonds is 5. The average molecular weight is 266 g/mol. The summed E-state index contributed by atoms with van der Waals surface area (Å²) in [6.45, 7) is 6.17. The van der Waals surface area contributed by atoms with Gasteiger partial charge in [-0.1, -0.05) is 13.8 Å². The molecule has 1 aliphatic heterocycles. The topological polar surface area (TPSA) is 69.0 Å². The Labute approximate surface area is 113 Å². The maximum atomic E-state index is 12.2. The number of amides is 1. The molecule has 1 aliphatic rings. The predicted octanol–water partition coefficient (Wildman–Crippen LogP) is 0.845. The van der Waals surface area contributed by atoms with Crippen LogP contribution in [0.5, 0.6) is 0 Å². The summed E-state index contributed by atoms with van der Waals surface area (Å²) in [7, 11) is 0. The Morgan fingerprint density at radius 1 is 1.37 bits per heavy atom. The van der Waals surface area contributed by atoms with Crippen LogP contribution in [0.4, 0.5) is 0 Å². The summed E-state index contributed by atoms with van der Waals surface area (Å²) in [6.07, 6.45) is 4.93. The lowest BCUT2D eigenvalue weighted by Crippen LogP contribution is -2.45. The van der Waals surface area contributed by atoms with E-state index in [0.717, 1.165) is 12.8 Å². The molecule has 0 spiro atoms. The number of hydrogen-bond donors (Lipinski definition) is 1. The molecule has 6 heteroatoms. The van der Waals surface area contributed by atoms with Crippen molar-refractivity contribution in [2.45, 2.75) is 39.3 Å². The zero-order valence-electron chi connectivity index (χ0n) is 11.6. The van der Waals surface area contributed by atoms with Gasteiger partial charge < -0.3 is 10.1 Å². The van der Waals surface area contributed by atoms with E-state index in [1.807, 2.05) is 0 Å². The first-order valence-electron chi connectivity index (χ1n) is 6.89. The van der Waals surface area contributed by atoms with Gasteiger partial charge in [-0.25, -0.2) is 0 Å². The Balaban J connectivity index is 1.90. The molecule has 19 heavy (non-hydrogen) atoms. The summed E-state index contributed by atoms with van der Waals surface area (Å²) in [5, 5.41) is 11.3. The summed E-state index contributed by atoms with van der Waals surface area (Å²) in [6, 6.07) is 0.0581. The molecule has 1 aromatic rings. The van der Waals surface area contributed by atoms with E-state index in [-0.39, 0.29) is 17.9 Å². The van der Waals surface area contributed by atoms with Crippen molar-refractivity contribution in [2.24, 2.45) is 11.8 Å². The molecule has 0 aromatic carbocycles. The van der Waals surface area contributed by atoms with E-state index in [1.54, 1.807) is 17.2 Å². The van der Waals surface area contributed by atoms with Crippen LogP contribution in [0.2, 0.25) is 0 Å². The van der Waals surface area contributed by atoms with Gasteiger partial charge in [0.1, 0.15) is 0 Å². The van der Waals surface area contributed by atoms with Gasteiger partial charge in [-0.2, -0.15) is 15.0 Å². The van der Waals surface area contributed by atoms with Gasteiger partial charge in [0.25, 0.3) is 0 Å². The standard InChI is InChI=1S/C13H22N4O2/c1-10(2)12(9-17-14-5-6-15-17)16-13(18)11-3-7-19-8-4-11/h5-6,10-12H,3-4,7-9H2,1-2H3,(H,16,18)/t12-/m0/s1. The van der Waals surface area contributed by atoms with Crippen LogP contribution in [0.25, 0.3) is 0 Å². The number of nitrogens with zero attached hydrogens (tertiary/aromatic N) is 3. The normalized spacial score (nSPS) is 18.5. The van der Waals surface area contributed by atoms with E-state index in [4.69, 9.17) is 4.74 Å². The van der Waals surface area contributed by atoms with Crippen LogP contribution >= 0.6 is 0 Å². The lowest BCUT2D eigenvalue weighted by Gasteiger charge is -2.26. The zero-order valence-corrected chi connectivity index (χ0v) is 11.6. The van der Waals surface area contributed by atoms with Gasteiger partial charge in [-0.3, -0.25) is 4.79 Å². The van der Waals surface area contributed by atoms with Crippen molar-refractivity contribution in [3.05, 3.63) is 12.4 Å². The Hall–Kier alpha value is -1.43. The highest BCUT2D eigenvalue weighted by Gasteiger charge is 2.25. The summed E-state index contributed by atoms with van der Waals surface area (Å²) in [4.78, 5) is 13.8. The molecule has 2 rings (SSSR count). The van der Waals surface area contributed by atoms with Gasteiger partial charge in [-0.05, 0) is 18.8 Å². The number of nitrogens with one attached hydrogen (secondary N) is 1. The molecule has 1 fully saturated rings. The molecule has 0 saturated carbocycles. The Kier molecular flexibility index (Phi) is 4.90. The fraction of sp³-hybridized carbons (Fsp3) is 0.769. The quantitative estimate of drug-likeness (QED) is 0.857. The number of carbonyl (C=O) groups is 1. The molecule has 6 nitrogen and oxygen atoms in total. The summed E-state index contributed by atoms with van der Waals surface area (Å²) in [5.41, 5.74) is 0. The van der Waals surface area contributed by atoms with Crippen LogP contribution in [0, 0.1) is 11.8 Å². The molecular formula is C13H22N4O2. The third-order valence-corrected chi connectivity index (χ3v) is 3.55. The Morgan fingerprint density at radius 2 is 2.00 bits per heavy atom. The van der Waals surface area contributed by atoms with Crippen LogP contribution in [-0.4, -0.2) is 40.2 Å². The SMILES string of the molecule is CC(C)[C@H](Cn1nccn1)NC(=O)C1CCOCC1. The van der Waals surface area contributed by atoms with E-state index in [2.05, 4.69) is 29.4 Å². The second-order valence-electron chi connectivity index (χ2n) is 5.33. The van der Waals surface area contributed by atoms with Crippen molar-refractivity contribution >= 4 is 5.91 Å². The third-order valence-electron chi connectivity index (χ3n) is 3.55. The van der Waals surface area contributed by atoms with Crippen molar-refractivity contribution in [3.63, 3.8) is 0 Å². The van der Waals surface area contributed by atoms with Crippen LogP contribution in [0.3, 0.4) is 0 Å². The largest absolute Gasteiger partial charge is 0.381 e. The van der Waals surface area contributed by atoms with E-state index < -0.39 is 0 Å². The van der Waals surface area contributed by atoms with Crippen molar-refractivity contribution in [2.75, 3.05) is 13.2 Å². The maximum Gasteiger partial charge on any atom is 0.223 e. The van der Waals surface area contributed by atoms with Crippen molar-refractivity contribution in [1.82, 2.24) is 20.3 Å². The summed E-state index contributed by atoms with van der Waals surface area (Å²) < 4.78 is 5.28. The van der Waals surface area contributed by atoms with E-state index in [1.165, 1.54) is 0 Å². The van der Waals surface area contributed by atoms with Crippen LogP contribution < -0.4 is 5.32 Å². The minimum absolute atomic E-state index is 0.0581. The van der Waals surface area contributed by atoms with Crippen LogP contribution in [0.15, 0.2) is 12.4 Å². The van der Waals surface area contributed by atoms with E-state index >= 15 is 0 Å². The first-order chi connectivity index (χ1) is 9.16. The molecule has 0 radical (unpaired) electrons. The smallest absolute Gasteiger partial charge is 0.223 e. The highest BCUT2D eigenvalue weighted by atomic mass is 16.5. The second-order valence-corrected chi connectivity index (χ2v) is 5.33. The molecule has 106 valence electrons. The summed E-state index contributed by atoms with van der Waals surface area (Å²) >= 11 is 0. The minimum Gasteiger partial charge on any atom is -0.381 e. The highest BCUT2D eigenvalue weighted by Crippen LogP contribution is 2.15. The predicted molar refractivity (Wildman–Crippen MR) is 70.3 cm³/mol. The van der Waals surface area contributed by atoms with Gasteiger partial charge in [-0.15, -0.1) is 0 Å². The average Bonchev–Trinajstić information content (AvgIpc) is 2.91. The van der Waals surface area contributed by atoms with Gasteiger partial charge in [0.05, 0.1) is 25.0 Å². The monoisotopic (exact) mass is 266 g/mol. The lowest BCUT2D eigenvalue weighted by atomic mass is 9.97. The van der Waals surface area contributed by atoms with Gasteiger partial charge in [0.2, 0.25) is 5.91 Å². The van der Waals surface area contributed by atoms with Gasteiger partial charge in [0, 0.05) is 19.1 Å². The molecule has 1 saturated heterocycles. The molecule has 1 aromatic heterocycles. The van der Waals surface area contributed by atoms with Crippen LogP contribution in [-0.2, 0) is 16.1 Å². The Morgan fingerprint density at radius 3 is 2.58 bits per heavy atom. The molecule has 2 heterocycles. The molecular weight excluding hydrogens is 244 g/mol. The fourth-order valence-electron chi connectivity index (χ4n) is 2.20. The molecule has 0 unspecified atom stereocenters. The first-order valence-corrected chi connectivity index (χ1v) is 6.89. The third kappa shape index (κ3) is 4.02. The van der Waals surface area contributed by atoms with Gasteiger partial charge >= 0.3 is 0 Å². The van der Waals surface area contributed by atoms with Crippen molar-refractivity contribution < 1.29 is 9.53 Å². The number of ether oxygens (including phenoxy) is 1. The fourth-order valence-corrected chi connectivity index (χ4v) is 2.20. The maximum absolute atomic E-state index is 12.2. The molecule has 1 atom stereocenters. The Bertz CT molecular complexity index is 385. The highest BCUT2D eigenvalue weighted by molar-refractivity contribution is 5.79.